The molecule has 5 atom stereocenters. The highest BCUT2D eigenvalue weighted by atomic mass is 14.4. The average Bonchev–Trinajstić information content (AvgIpc) is 2.20. The molecule has 4 fully saturated rings. The minimum Gasteiger partial charge on any atom is -0.0622 e. The number of hydrogen-bond donors (Lipinski definition) is 0. The maximum atomic E-state index is 2.53. The molecule has 0 heteroatoms. The first-order valence-electron chi connectivity index (χ1n) is 6.83. The van der Waals surface area contributed by atoms with Crippen molar-refractivity contribution < 1.29 is 0 Å². The highest BCUT2D eigenvalue weighted by molar-refractivity contribution is 4.89. The molecule has 0 N–H and O–H groups in total. The van der Waals surface area contributed by atoms with Crippen LogP contribution in [-0.4, -0.2) is 0 Å². The first-order chi connectivity index (χ1) is 6.83. The van der Waals surface area contributed by atoms with Crippen molar-refractivity contribution in [3.8, 4) is 0 Å². The van der Waals surface area contributed by atoms with Crippen LogP contribution in [0.2, 0.25) is 0 Å². The molecule has 5 unspecified atom stereocenters. The molecule has 0 amide bonds. The van der Waals surface area contributed by atoms with Crippen molar-refractivity contribution in [1.29, 1.82) is 0 Å². The van der Waals surface area contributed by atoms with E-state index < -0.39 is 0 Å². The largest absolute Gasteiger partial charge is 0.0622 e. The van der Waals surface area contributed by atoms with Crippen LogP contribution in [0.4, 0.5) is 0 Å². The van der Waals surface area contributed by atoms with Gasteiger partial charge in [0, 0.05) is 0 Å². The van der Waals surface area contributed by atoms with E-state index in [1.807, 2.05) is 0 Å². The van der Waals surface area contributed by atoms with Gasteiger partial charge in [0.25, 0.3) is 0 Å². The molecule has 0 saturated heterocycles. The predicted molar refractivity (Wildman–Crippen MR) is 60.1 cm³/mol. The third-order valence-electron chi connectivity index (χ3n) is 5.51. The topological polar surface area (TPSA) is 0 Å². The Morgan fingerprint density at radius 1 is 0.714 bits per heavy atom. The Balaban J connectivity index is 1.82. The van der Waals surface area contributed by atoms with Gasteiger partial charge in [-0.3, -0.25) is 0 Å². The second-order valence-electron chi connectivity index (χ2n) is 6.34. The normalized spacial score (nSPS) is 52.5. The number of rotatable bonds is 0. The van der Waals surface area contributed by atoms with Crippen molar-refractivity contribution in [2.75, 3.05) is 0 Å². The molecule has 4 bridgehead atoms. The standard InChI is InChI=1S/C14H24/c1-10-7-14-6-5-12(10)8-11-3-2-4-13(14)9-11/h10-14H,2-9H2,1H3. The fourth-order valence-electron chi connectivity index (χ4n) is 4.68. The van der Waals surface area contributed by atoms with Gasteiger partial charge in [-0.1, -0.05) is 26.2 Å². The summed E-state index contributed by atoms with van der Waals surface area (Å²) in [7, 11) is 0. The Hall–Kier alpha value is 0. The monoisotopic (exact) mass is 192 g/mol. The maximum absolute atomic E-state index is 2.53. The third kappa shape index (κ3) is 1.51. The first-order valence-corrected chi connectivity index (χ1v) is 6.83. The van der Waals surface area contributed by atoms with Crippen LogP contribution in [0.15, 0.2) is 0 Å². The van der Waals surface area contributed by atoms with E-state index in [0.717, 1.165) is 29.6 Å². The van der Waals surface area contributed by atoms with E-state index in [0.29, 0.717) is 0 Å². The SMILES string of the molecule is CC1CC2CCC1CC1CCCC2C1. The smallest absolute Gasteiger partial charge is 0.0383 e. The lowest BCUT2D eigenvalue weighted by molar-refractivity contribution is 0.0487. The fraction of sp³-hybridized carbons (Fsp3) is 1.00. The van der Waals surface area contributed by atoms with E-state index in [9.17, 15) is 0 Å². The highest BCUT2D eigenvalue weighted by Gasteiger charge is 2.38. The molecule has 0 aromatic heterocycles. The molecule has 0 spiro atoms. The van der Waals surface area contributed by atoms with Crippen molar-refractivity contribution in [2.45, 2.75) is 58.3 Å². The Morgan fingerprint density at radius 2 is 1.43 bits per heavy atom. The van der Waals surface area contributed by atoms with Gasteiger partial charge in [0.15, 0.2) is 0 Å². The molecule has 4 aliphatic rings. The minimum absolute atomic E-state index is 1.05. The Morgan fingerprint density at radius 3 is 2.29 bits per heavy atom. The van der Waals surface area contributed by atoms with Crippen molar-refractivity contribution in [1.82, 2.24) is 0 Å². The quantitative estimate of drug-likeness (QED) is 0.538. The molecular weight excluding hydrogens is 168 g/mol. The minimum atomic E-state index is 1.05. The van der Waals surface area contributed by atoms with Crippen molar-refractivity contribution >= 4 is 0 Å². The molecule has 14 heavy (non-hydrogen) atoms. The van der Waals surface area contributed by atoms with Gasteiger partial charge < -0.3 is 0 Å². The molecule has 0 aliphatic heterocycles. The second-order valence-corrected chi connectivity index (χ2v) is 6.34. The fourth-order valence-corrected chi connectivity index (χ4v) is 4.68. The Kier molecular flexibility index (Phi) is 2.34. The van der Waals surface area contributed by atoms with Gasteiger partial charge in [-0.05, 0) is 61.7 Å². The lowest BCUT2D eigenvalue weighted by Crippen LogP contribution is -2.35. The van der Waals surface area contributed by atoms with E-state index in [4.69, 9.17) is 0 Å². The van der Waals surface area contributed by atoms with E-state index >= 15 is 0 Å². The molecule has 0 nitrogen and oxygen atoms in total. The Labute approximate surface area is 88.5 Å². The van der Waals surface area contributed by atoms with E-state index in [1.165, 1.54) is 0 Å². The molecule has 0 heterocycles. The summed E-state index contributed by atoms with van der Waals surface area (Å²) in [5.74, 6) is 5.55. The molecule has 0 aromatic rings. The lowest BCUT2D eigenvalue weighted by atomic mass is 9.59. The van der Waals surface area contributed by atoms with Gasteiger partial charge in [0.2, 0.25) is 0 Å². The molecular formula is C14H24. The summed E-state index contributed by atoms with van der Waals surface area (Å²) in [5.41, 5.74) is 0. The van der Waals surface area contributed by atoms with Gasteiger partial charge in [-0.2, -0.15) is 0 Å². The summed E-state index contributed by atoms with van der Waals surface area (Å²) < 4.78 is 0. The number of hydrogen-bond acceptors (Lipinski definition) is 0. The van der Waals surface area contributed by atoms with Crippen LogP contribution in [0.5, 0.6) is 0 Å². The van der Waals surface area contributed by atoms with Gasteiger partial charge in [-0.25, -0.2) is 0 Å². The van der Waals surface area contributed by atoms with Crippen LogP contribution in [0.1, 0.15) is 58.3 Å². The molecule has 4 aliphatic carbocycles. The summed E-state index contributed by atoms with van der Waals surface area (Å²) in [6, 6.07) is 0. The molecule has 80 valence electrons. The van der Waals surface area contributed by atoms with E-state index in [1.54, 1.807) is 51.4 Å². The van der Waals surface area contributed by atoms with Gasteiger partial charge >= 0.3 is 0 Å². The zero-order chi connectivity index (χ0) is 9.54. The van der Waals surface area contributed by atoms with Crippen LogP contribution in [0.25, 0.3) is 0 Å². The van der Waals surface area contributed by atoms with Crippen LogP contribution in [0, 0.1) is 29.6 Å². The zero-order valence-electron chi connectivity index (χ0n) is 9.54. The second kappa shape index (κ2) is 3.54. The lowest BCUT2D eigenvalue weighted by Gasteiger charge is -2.46. The third-order valence-corrected chi connectivity index (χ3v) is 5.51. The summed E-state index contributed by atoms with van der Waals surface area (Å²) >= 11 is 0. The van der Waals surface area contributed by atoms with E-state index in [-0.39, 0.29) is 0 Å². The Bertz CT molecular complexity index is 206. The zero-order valence-corrected chi connectivity index (χ0v) is 9.54. The predicted octanol–water partition coefficient (Wildman–Crippen LogP) is 4.25. The van der Waals surface area contributed by atoms with Gasteiger partial charge in [-0.15, -0.1) is 0 Å². The molecule has 4 rings (SSSR count). The average molecular weight is 192 g/mol. The molecule has 4 saturated carbocycles. The van der Waals surface area contributed by atoms with Crippen LogP contribution >= 0.6 is 0 Å². The van der Waals surface area contributed by atoms with Crippen LogP contribution in [0.3, 0.4) is 0 Å². The molecule has 0 radical (unpaired) electrons. The number of fused-ring (bicyclic) bond motifs is 2. The highest BCUT2D eigenvalue weighted by Crippen LogP contribution is 2.50. The summed E-state index contributed by atoms with van der Waals surface area (Å²) in [4.78, 5) is 0. The van der Waals surface area contributed by atoms with Gasteiger partial charge in [0.1, 0.15) is 0 Å². The maximum Gasteiger partial charge on any atom is -0.0383 e. The summed E-state index contributed by atoms with van der Waals surface area (Å²) in [6.07, 6.45) is 12.6. The van der Waals surface area contributed by atoms with Crippen molar-refractivity contribution in [3.63, 3.8) is 0 Å². The summed E-state index contributed by atoms with van der Waals surface area (Å²) in [5, 5.41) is 0. The summed E-state index contributed by atoms with van der Waals surface area (Å²) in [6.45, 7) is 2.53. The first kappa shape index (κ1) is 9.24. The van der Waals surface area contributed by atoms with Crippen molar-refractivity contribution in [2.24, 2.45) is 29.6 Å². The van der Waals surface area contributed by atoms with Gasteiger partial charge in [0.05, 0.1) is 0 Å². The van der Waals surface area contributed by atoms with E-state index in [2.05, 4.69) is 6.92 Å². The van der Waals surface area contributed by atoms with Crippen molar-refractivity contribution in [3.05, 3.63) is 0 Å². The molecule has 0 aromatic carbocycles. The van der Waals surface area contributed by atoms with Crippen LogP contribution < -0.4 is 0 Å². The van der Waals surface area contributed by atoms with Crippen LogP contribution in [-0.2, 0) is 0 Å².